The van der Waals surface area contributed by atoms with Gasteiger partial charge in [0.25, 0.3) is 0 Å². The van der Waals surface area contributed by atoms with E-state index in [1.807, 2.05) is 0 Å². The SMILES string of the molecule is c1ccc2cc(-c3nc(-c4ccc(-n5c6cc7ccccc7cc6c6c(-n7c8ccccc8c8ccc9ccccc9c87)cccc65)c5ccccc45)c4ccccc4n3)ccc2c1. The van der Waals surface area contributed by atoms with Gasteiger partial charge in [-0.1, -0.05) is 170 Å². The highest BCUT2D eigenvalue weighted by Crippen LogP contribution is 2.45. The third-order valence-electron chi connectivity index (χ3n) is 13.4. The van der Waals surface area contributed by atoms with Crippen LogP contribution in [0.4, 0.5) is 0 Å². The molecule has 0 spiro atoms. The van der Waals surface area contributed by atoms with Crippen molar-refractivity contribution in [2.75, 3.05) is 0 Å². The molecular formula is C60H36N4. The van der Waals surface area contributed by atoms with Crippen LogP contribution in [0.1, 0.15) is 0 Å². The second-order valence-electron chi connectivity index (χ2n) is 16.9. The maximum atomic E-state index is 5.42. The van der Waals surface area contributed by atoms with Crippen LogP contribution in [-0.2, 0) is 0 Å². The van der Waals surface area contributed by atoms with Crippen molar-refractivity contribution >= 4 is 97.6 Å². The summed E-state index contributed by atoms with van der Waals surface area (Å²) in [7, 11) is 0. The maximum Gasteiger partial charge on any atom is 0.160 e. The van der Waals surface area contributed by atoms with Gasteiger partial charge in [-0.25, -0.2) is 9.97 Å². The second-order valence-corrected chi connectivity index (χ2v) is 16.9. The zero-order chi connectivity index (χ0) is 41.9. The van der Waals surface area contributed by atoms with Crippen LogP contribution in [0.3, 0.4) is 0 Å². The maximum absolute atomic E-state index is 5.42. The average molecular weight is 813 g/mol. The van der Waals surface area contributed by atoms with Crippen molar-refractivity contribution in [3.8, 4) is 34.0 Å². The Labute approximate surface area is 367 Å². The van der Waals surface area contributed by atoms with Crippen LogP contribution >= 0.6 is 0 Å². The van der Waals surface area contributed by atoms with E-state index in [1.54, 1.807) is 0 Å². The lowest BCUT2D eigenvalue weighted by Crippen LogP contribution is -1.99. The standard InChI is InChI=1S/C60H36N4/c1-2-16-39-34-42(29-28-37(39)14-1)60-61-51-24-11-9-23-49(51)58(62-60)47-32-33-53(45-21-8-7-20-44(45)47)63-54-26-13-27-55(57(54)50-35-40-17-3-4-18-41(40)36-56(50)63)64-52-25-12-10-22-46(52)48-31-30-38-15-5-6-19-43(38)59(48)64/h1-36H. The smallest absolute Gasteiger partial charge is 0.160 e. The number of nitrogens with zero attached hydrogens (tertiary/aromatic N) is 4. The first kappa shape index (κ1) is 35.0. The summed E-state index contributed by atoms with van der Waals surface area (Å²) in [5, 5.41) is 15.5. The topological polar surface area (TPSA) is 35.6 Å². The van der Waals surface area contributed by atoms with E-state index in [2.05, 4.69) is 228 Å². The number of fused-ring (bicyclic) bond motifs is 12. The number of hydrogen-bond acceptors (Lipinski definition) is 2. The van der Waals surface area contributed by atoms with Crippen LogP contribution in [-0.4, -0.2) is 19.1 Å². The van der Waals surface area contributed by atoms with Gasteiger partial charge in [0.15, 0.2) is 5.82 Å². The number of rotatable bonds is 4. The van der Waals surface area contributed by atoms with Gasteiger partial charge in [-0.3, -0.25) is 0 Å². The van der Waals surface area contributed by atoms with Gasteiger partial charge in [-0.2, -0.15) is 0 Å². The molecule has 0 saturated carbocycles. The van der Waals surface area contributed by atoms with Crippen LogP contribution < -0.4 is 0 Å². The molecule has 11 aromatic carbocycles. The van der Waals surface area contributed by atoms with Crippen molar-refractivity contribution in [2.45, 2.75) is 0 Å². The first-order valence-corrected chi connectivity index (χ1v) is 21.9. The van der Waals surface area contributed by atoms with E-state index in [4.69, 9.17) is 9.97 Å². The van der Waals surface area contributed by atoms with E-state index in [-0.39, 0.29) is 0 Å². The van der Waals surface area contributed by atoms with E-state index >= 15 is 0 Å². The largest absolute Gasteiger partial charge is 0.309 e. The molecule has 0 unspecified atom stereocenters. The lowest BCUT2D eigenvalue weighted by atomic mass is 9.97. The Hall–Kier alpha value is -8.60. The zero-order valence-electron chi connectivity index (χ0n) is 34.6. The van der Waals surface area contributed by atoms with Crippen molar-refractivity contribution < 1.29 is 0 Å². The molecule has 0 N–H and O–H groups in total. The number of hydrogen-bond donors (Lipinski definition) is 0. The second kappa shape index (κ2) is 13.4. The van der Waals surface area contributed by atoms with Crippen molar-refractivity contribution in [3.63, 3.8) is 0 Å². The zero-order valence-corrected chi connectivity index (χ0v) is 34.6. The Bertz CT molecular complexity index is 4270. The molecule has 4 nitrogen and oxygen atoms in total. The molecule has 0 fully saturated rings. The van der Waals surface area contributed by atoms with Crippen LogP contribution in [0.15, 0.2) is 218 Å². The van der Waals surface area contributed by atoms with Crippen LogP contribution in [0.2, 0.25) is 0 Å². The Balaban J connectivity index is 1.06. The molecular weight excluding hydrogens is 777 g/mol. The molecule has 14 rings (SSSR count). The summed E-state index contributed by atoms with van der Waals surface area (Å²) in [5.41, 5.74) is 10.9. The van der Waals surface area contributed by atoms with E-state index < -0.39 is 0 Å². The molecule has 64 heavy (non-hydrogen) atoms. The molecule has 0 atom stereocenters. The van der Waals surface area contributed by atoms with Crippen molar-refractivity contribution in [3.05, 3.63) is 218 Å². The lowest BCUT2D eigenvalue weighted by molar-refractivity contribution is 1.18. The fraction of sp³-hybridized carbons (Fsp3) is 0. The average Bonchev–Trinajstić information content (AvgIpc) is 3.87. The van der Waals surface area contributed by atoms with Crippen LogP contribution in [0.25, 0.3) is 132 Å². The number of para-hydroxylation sites is 2. The Morgan fingerprint density at radius 3 is 1.80 bits per heavy atom. The van der Waals surface area contributed by atoms with E-state index in [0.717, 1.165) is 60.9 Å². The fourth-order valence-electron chi connectivity index (χ4n) is 10.6. The Kier molecular flexibility index (Phi) is 7.36. The first-order valence-electron chi connectivity index (χ1n) is 21.9. The predicted octanol–water partition coefficient (Wildman–Crippen LogP) is 15.8. The summed E-state index contributed by atoms with van der Waals surface area (Å²) in [6.07, 6.45) is 0. The minimum absolute atomic E-state index is 0.715. The minimum atomic E-state index is 0.715. The minimum Gasteiger partial charge on any atom is -0.309 e. The normalized spacial score (nSPS) is 12.1. The molecule has 0 radical (unpaired) electrons. The first-order chi connectivity index (χ1) is 31.7. The predicted molar refractivity (Wildman–Crippen MR) is 269 cm³/mol. The third-order valence-corrected chi connectivity index (χ3v) is 13.4. The highest BCUT2D eigenvalue weighted by molar-refractivity contribution is 6.22. The van der Waals surface area contributed by atoms with Gasteiger partial charge in [0.2, 0.25) is 0 Å². The van der Waals surface area contributed by atoms with Crippen molar-refractivity contribution in [1.29, 1.82) is 0 Å². The molecule has 3 heterocycles. The van der Waals surface area contributed by atoms with Gasteiger partial charge in [0, 0.05) is 48.8 Å². The van der Waals surface area contributed by atoms with Crippen LogP contribution in [0.5, 0.6) is 0 Å². The van der Waals surface area contributed by atoms with E-state index in [9.17, 15) is 0 Å². The van der Waals surface area contributed by atoms with E-state index in [0.29, 0.717) is 5.82 Å². The number of benzene rings is 11. The van der Waals surface area contributed by atoms with Gasteiger partial charge in [0.05, 0.1) is 44.7 Å². The fourth-order valence-corrected chi connectivity index (χ4v) is 10.6. The summed E-state index contributed by atoms with van der Waals surface area (Å²) in [6, 6.07) is 79.3. The quantitative estimate of drug-likeness (QED) is 0.177. The number of aromatic nitrogens is 4. The van der Waals surface area contributed by atoms with Gasteiger partial charge < -0.3 is 9.13 Å². The highest BCUT2D eigenvalue weighted by atomic mass is 15.0. The molecule has 3 aromatic heterocycles. The summed E-state index contributed by atoms with van der Waals surface area (Å²) in [5.74, 6) is 0.715. The Morgan fingerprint density at radius 2 is 0.953 bits per heavy atom. The molecule has 14 aromatic rings. The Morgan fingerprint density at radius 1 is 0.312 bits per heavy atom. The van der Waals surface area contributed by atoms with Gasteiger partial charge in [-0.15, -0.1) is 0 Å². The molecule has 296 valence electrons. The third kappa shape index (κ3) is 5.05. The van der Waals surface area contributed by atoms with Gasteiger partial charge in [0.1, 0.15) is 0 Å². The summed E-state index contributed by atoms with van der Waals surface area (Å²) >= 11 is 0. The summed E-state index contributed by atoms with van der Waals surface area (Å²) < 4.78 is 5.01. The van der Waals surface area contributed by atoms with Gasteiger partial charge in [-0.05, 0) is 80.8 Å². The van der Waals surface area contributed by atoms with Crippen LogP contribution in [0, 0.1) is 0 Å². The highest BCUT2D eigenvalue weighted by Gasteiger charge is 2.23. The molecule has 0 bridgehead atoms. The molecule has 0 aliphatic heterocycles. The molecule has 0 aliphatic carbocycles. The van der Waals surface area contributed by atoms with Gasteiger partial charge >= 0.3 is 0 Å². The molecule has 0 amide bonds. The monoisotopic (exact) mass is 812 g/mol. The molecule has 4 heteroatoms. The molecule has 0 saturated heterocycles. The van der Waals surface area contributed by atoms with Crippen molar-refractivity contribution in [1.82, 2.24) is 19.1 Å². The van der Waals surface area contributed by atoms with E-state index in [1.165, 1.54) is 64.9 Å². The lowest BCUT2D eigenvalue weighted by Gasteiger charge is -2.16. The summed E-state index contributed by atoms with van der Waals surface area (Å²) in [6.45, 7) is 0. The van der Waals surface area contributed by atoms with Crippen molar-refractivity contribution in [2.24, 2.45) is 0 Å². The summed E-state index contributed by atoms with van der Waals surface area (Å²) in [4.78, 5) is 10.6. The molecule has 0 aliphatic rings.